The molecule has 2 aromatic carbocycles. The average molecular weight is 538 g/mol. The number of hydrogen-bond donors (Lipinski definition) is 1. The van der Waals surface area contributed by atoms with Crippen LogP contribution in [0.3, 0.4) is 0 Å². The Labute approximate surface area is 231 Å². The van der Waals surface area contributed by atoms with Gasteiger partial charge in [0.15, 0.2) is 5.78 Å². The maximum Gasteiger partial charge on any atom is 0.257 e. The Kier molecular flexibility index (Phi) is 6.76. The second-order valence-electron chi connectivity index (χ2n) is 10.3. The van der Waals surface area contributed by atoms with Crippen molar-refractivity contribution in [2.45, 2.75) is 45.2 Å². The van der Waals surface area contributed by atoms with Crippen molar-refractivity contribution in [2.75, 3.05) is 6.54 Å². The molecule has 1 atom stereocenters. The highest BCUT2D eigenvalue weighted by Gasteiger charge is 2.44. The number of halogens is 1. The third kappa shape index (κ3) is 4.70. The molecule has 0 saturated carbocycles. The standard InChI is InChI=1S/C32H28FN3O4/c1-19-27(26(37)15-8-20-6-13-23(33)14-7-20)28(29-30(35-19)25-5-2-16-36(25)32(29)39)21-9-11-22(12-10-21)31(38)34-18-24-4-3-17-40-24/h3-4,6-7,9-14,17,25H,2,5,8,15-16,18H2,1H3,(H,34,38)/t25-/m0/s1. The van der Waals surface area contributed by atoms with Crippen LogP contribution in [0, 0.1) is 12.7 Å². The highest BCUT2D eigenvalue weighted by Crippen LogP contribution is 2.45. The second kappa shape index (κ2) is 10.5. The molecule has 2 amide bonds. The monoisotopic (exact) mass is 537 g/mol. The Morgan fingerprint density at radius 3 is 2.58 bits per heavy atom. The number of nitrogens with zero attached hydrogens (tertiary/aromatic N) is 2. The van der Waals surface area contributed by atoms with E-state index in [4.69, 9.17) is 9.40 Å². The first-order chi connectivity index (χ1) is 19.4. The van der Waals surface area contributed by atoms with E-state index in [1.54, 1.807) is 54.8 Å². The molecule has 4 heterocycles. The van der Waals surface area contributed by atoms with E-state index in [2.05, 4.69) is 5.32 Å². The van der Waals surface area contributed by atoms with E-state index in [1.165, 1.54) is 12.1 Å². The molecule has 0 unspecified atom stereocenters. The highest BCUT2D eigenvalue weighted by atomic mass is 19.1. The van der Waals surface area contributed by atoms with E-state index in [1.807, 2.05) is 11.8 Å². The molecule has 8 heteroatoms. The van der Waals surface area contributed by atoms with E-state index in [0.29, 0.717) is 52.2 Å². The molecular weight excluding hydrogens is 509 g/mol. The minimum absolute atomic E-state index is 0.0741. The normalized spacial score (nSPS) is 15.7. The van der Waals surface area contributed by atoms with Crippen LogP contribution in [0.5, 0.6) is 0 Å². The van der Waals surface area contributed by atoms with E-state index in [-0.39, 0.29) is 42.4 Å². The molecule has 0 aliphatic carbocycles. The summed E-state index contributed by atoms with van der Waals surface area (Å²) in [7, 11) is 0. The number of rotatable bonds is 8. The van der Waals surface area contributed by atoms with Gasteiger partial charge in [-0.25, -0.2) is 4.39 Å². The maximum absolute atomic E-state index is 13.7. The van der Waals surface area contributed by atoms with Gasteiger partial charge in [-0.2, -0.15) is 0 Å². The summed E-state index contributed by atoms with van der Waals surface area (Å²) >= 11 is 0. The molecule has 1 N–H and O–H groups in total. The fourth-order valence-corrected chi connectivity index (χ4v) is 5.76. The minimum Gasteiger partial charge on any atom is -0.467 e. The van der Waals surface area contributed by atoms with Gasteiger partial charge in [0, 0.05) is 35.3 Å². The summed E-state index contributed by atoms with van der Waals surface area (Å²) in [6.07, 6.45) is 3.94. The lowest BCUT2D eigenvalue weighted by Gasteiger charge is -2.17. The minimum atomic E-state index is -0.326. The number of carbonyl (C=O) groups excluding carboxylic acids is 3. The number of hydrogen-bond acceptors (Lipinski definition) is 5. The van der Waals surface area contributed by atoms with Crippen LogP contribution in [0.25, 0.3) is 11.1 Å². The van der Waals surface area contributed by atoms with Gasteiger partial charge in [-0.15, -0.1) is 0 Å². The molecule has 7 nitrogen and oxygen atoms in total. The van der Waals surface area contributed by atoms with Gasteiger partial charge in [0.05, 0.1) is 30.1 Å². The number of furan rings is 1. The van der Waals surface area contributed by atoms with Crippen LogP contribution in [-0.2, 0) is 13.0 Å². The molecule has 2 aliphatic rings. The number of nitrogens with one attached hydrogen (secondary N) is 1. The smallest absolute Gasteiger partial charge is 0.257 e. The number of benzene rings is 2. The Hall–Kier alpha value is -4.59. The van der Waals surface area contributed by atoms with Crippen LogP contribution in [0.2, 0.25) is 0 Å². The largest absolute Gasteiger partial charge is 0.467 e. The lowest BCUT2D eigenvalue weighted by molar-refractivity contribution is 0.0775. The first kappa shape index (κ1) is 25.7. The summed E-state index contributed by atoms with van der Waals surface area (Å²) in [6, 6.07) is 16.5. The Morgan fingerprint density at radius 2 is 1.85 bits per heavy atom. The molecular formula is C32H28FN3O4. The first-order valence-electron chi connectivity index (χ1n) is 13.4. The quantitative estimate of drug-likeness (QED) is 0.286. The van der Waals surface area contributed by atoms with Crippen molar-refractivity contribution in [2.24, 2.45) is 0 Å². The van der Waals surface area contributed by atoms with Gasteiger partial charge in [-0.05, 0) is 73.7 Å². The van der Waals surface area contributed by atoms with Crippen LogP contribution >= 0.6 is 0 Å². The van der Waals surface area contributed by atoms with Crippen LogP contribution in [0.4, 0.5) is 4.39 Å². The summed E-state index contributed by atoms with van der Waals surface area (Å²) in [6.45, 7) is 2.75. The molecule has 2 aliphatic heterocycles. The molecule has 6 rings (SSSR count). The Bertz CT molecular complexity index is 1590. The van der Waals surface area contributed by atoms with E-state index < -0.39 is 0 Å². The lowest BCUT2D eigenvalue weighted by Crippen LogP contribution is -2.23. The van der Waals surface area contributed by atoms with Crippen molar-refractivity contribution < 1.29 is 23.2 Å². The summed E-state index contributed by atoms with van der Waals surface area (Å²) in [4.78, 5) is 46.7. The zero-order chi connectivity index (χ0) is 27.8. The Morgan fingerprint density at radius 1 is 1.07 bits per heavy atom. The number of ketones is 1. The molecule has 1 fully saturated rings. The van der Waals surface area contributed by atoms with Crippen LogP contribution in [0.15, 0.2) is 71.3 Å². The lowest BCUT2D eigenvalue weighted by atomic mass is 9.88. The molecule has 0 spiro atoms. The summed E-state index contributed by atoms with van der Waals surface area (Å²) in [5, 5.41) is 2.83. The van der Waals surface area contributed by atoms with Gasteiger partial charge in [-0.1, -0.05) is 24.3 Å². The van der Waals surface area contributed by atoms with Crippen molar-refractivity contribution >= 4 is 17.6 Å². The zero-order valence-electron chi connectivity index (χ0n) is 22.1. The Balaban J connectivity index is 1.35. The number of fused-ring (bicyclic) bond motifs is 3. The number of carbonyl (C=O) groups is 3. The third-order valence-electron chi connectivity index (χ3n) is 7.72. The molecule has 0 radical (unpaired) electrons. The predicted molar refractivity (Wildman–Crippen MR) is 146 cm³/mol. The van der Waals surface area contributed by atoms with Gasteiger partial charge < -0.3 is 14.6 Å². The fourth-order valence-electron chi connectivity index (χ4n) is 5.76. The SMILES string of the molecule is Cc1nc2c(c(-c3ccc(C(=O)NCc4ccco4)cc3)c1C(=O)CCc1ccc(F)cc1)C(=O)N1CCC[C@@H]21. The topological polar surface area (TPSA) is 92.5 Å². The molecule has 1 saturated heterocycles. The van der Waals surface area contributed by atoms with Crippen LogP contribution < -0.4 is 5.32 Å². The number of aromatic nitrogens is 1. The molecule has 0 bridgehead atoms. The van der Waals surface area contributed by atoms with Crippen LogP contribution in [-0.4, -0.2) is 34.0 Å². The van der Waals surface area contributed by atoms with Gasteiger partial charge in [-0.3, -0.25) is 19.4 Å². The van der Waals surface area contributed by atoms with Crippen molar-refractivity contribution in [1.82, 2.24) is 15.2 Å². The molecule has 2 aromatic heterocycles. The summed E-state index contributed by atoms with van der Waals surface area (Å²) in [5.41, 5.74) is 4.78. The summed E-state index contributed by atoms with van der Waals surface area (Å²) in [5.74, 6) is -0.171. The predicted octanol–water partition coefficient (Wildman–Crippen LogP) is 5.83. The van der Waals surface area contributed by atoms with Crippen molar-refractivity contribution in [3.8, 4) is 11.1 Å². The van der Waals surface area contributed by atoms with Gasteiger partial charge in [0.1, 0.15) is 11.6 Å². The van der Waals surface area contributed by atoms with Gasteiger partial charge in [0.2, 0.25) is 0 Å². The van der Waals surface area contributed by atoms with E-state index >= 15 is 0 Å². The van der Waals surface area contributed by atoms with E-state index in [9.17, 15) is 18.8 Å². The average Bonchev–Trinajstić information content (AvgIpc) is 3.71. The fraction of sp³-hybridized carbons (Fsp3) is 0.250. The number of amides is 2. The van der Waals surface area contributed by atoms with Gasteiger partial charge >= 0.3 is 0 Å². The van der Waals surface area contributed by atoms with Crippen LogP contribution in [0.1, 0.15) is 79.1 Å². The maximum atomic E-state index is 13.7. The third-order valence-corrected chi connectivity index (χ3v) is 7.72. The summed E-state index contributed by atoms with van der Waals surface area (Å²) < 4.78 is 18.6. The molecule has 202 valence electrons. The molecule has 40 heavy (non-hydrogen) atoms. The second-order valence-corrected chi connectivity index (χ2v) is 10.3. The number of pyridine rings is 1. The number of Topliss-reactive ketones (excluding diaryl/α,β-unsaturated/α-hetero) is 1. The van der Waals surface area contributed by atoms with Crippen molar-refractivity contribution in [3.63, 3.8) is 0 Å². The molecule has 4 aromatic rings. The van der Waals surface area contributed by atoms with Gasteiger partial charge in [0.25, 0.3) is 11.8 Å². The zero-order valence-corrected chi connectivity index (χ0v) is 22.1. The van der Waals surface area contributed by atoms with E-state index in [0.717, 1.165) is 24.1 Å². The van der Waals surface area contributed by atoms with Crippen molar-refractivity contribution in [1.29, 1.82) is 0 Å². The first-order valence-corrected chi connectivity index (χ1v) is 13.4. The van der Waals surface area contributed by atoms with Crippen molar-refractivity contribution in [3.05, 3.63) is 112 Å². The highest BCUT2D eigenvalue weighted by molar-refractivity contribution is 6.12. The number of aryl methyl sites for hydroxylation is 2.